The lowest BCUT2D eigenvalue weighted by molar-refractivity contribution is -0.188. The van der Waals surface area contributed by atoms with E-state index in [1.165, 1.54) is 0 Å². The van der Waals surface area contributed by atoms with E-state index < -0.39 is 47.9 Å². The highest BCUT2D eigenvalue weighted by Crippen LogP contribution is 2.58. The number of ether oxygens (including phenoxy) is 4. The Morgan fingerprint density at radius 3 is 2.44 bits per heavy atom. The highest BCUT2D eigenvalue weighted by molar-refractivity contribution is 5.96. The van der Waals surface area contributed by atoms with Crippen molar-refractivity contribution in [3.8, 4) is 0 Å². The second-order valence-electron chi connectivity index (χ2n) is 9.73. The number of carboxylic acid groups (broad SMARTS) is 1. The lowest BCUT2D eigenvalue weighted by Gasteiger charge is -2.37. The Hall–Kier alpha value is -2.00. The van der Waals surface area contributed by atoms with Crippen molar-refractivity contribution in [1.82, 2.24) is 0 Å². The first-order valence-electron chi connectivity index (χ1n) is 11.7. The number of rotatable bonds is 8. The van der Waals surface area contributed by atoms with Gasteiger partial charge in [-0.15, -0.1) is 0 Å². The third-order valence-electron chi connectivity index (χ3n) is 8.04. The van der Waals surface area contributed by atoms with Gasteiger partial charge in [0.2, 0.25) is 0 Å². The van der Waals surface area contributed by atoms with Crippen molar-refractivity contribution in [3.05, 3.63) is 0 Å². The van der Waals surface area contributed by atoms with Crippen molar-refractivity contribution < 1.29 is 43.2 Å². The summed E-state index contributed by atoms with van der Waals surface area (Å²) in [5.41, 5.74) is 0. The summed E-state index contributed by atoms with van der Waals surface area (Å²) in [6, 6.07) is 0. The average Bonchev–Trinajstić information content (AvgIpc) is 3.40. The third kappa shape index (κ3) is 4.41. The van der Waals surface area contributed by atoms with E-state index in [0.29, 0.717) is 26.1 Å². The number of aliphatic carboxylic acids is 1. The van der Waals surface area contributed by atoms with Crippen LogP contribution in [0.4, 0.5) is 0 Å². The summed E-state index contributed by atoms with van der Waals surface area (Å²) < 4.78 is 21.4. The fourth-order valence-electron chi connectivity index (χ4n) is 6.39. The van der Waals surface area contributed by atoms with Crippen LogP contribution in [0.2, 0.25) is 0 Å². The molecule has 9 nitrogen and oxygen atoms in total. The van der Waals surface area contributed by atoms with Gasteiger partial charge in [-0.2, -0.15) is 0 Å². The van der Waals surface area contributed by atoms with Crippen LogP contribution in [0.3, 0.4) is 0 Å². The Morgan fingerprint density at radius 1 is 1.12 bits per heavy atom. The van der Waals surface area contributed by atoms with Crippen molar-refractivity contribution in [3.63, 3.8) is 0 Å². The molecule has 8 atom stereocenters. The summed E-state index contributed by atoms with van der Waals surface area (Å²) in [6.45, 7) is 5.00. The van der Waals surface area contributed by atoms with E-state index in [4.69, 9.17) is 18.9 Å². The smallest absolute Gasteiger partial charge is 0.317 e. The molecule has 4 fully saturated rings. The Balaban J connectivity index is 1.46. The van der Waals surface area contributed by atoms with Crippen LogP contribution in [-0.2, 0) is 38.1 Å². The minimum atomic E-state index is -0.784. The summed E-state index contributed by atoms with van der Waals surface area (Å²) in [7, 11) is 0. The van der Waals surface area contributed by atoms with Crippen LogP contribution in [-0.4, -0.2) is 55.1 Å². The Morgan fingerprint density at radius 2 is 1.84 bits per heavy atom. The van der Waals surface area contributed by atoms with E-state index in [0.717, 1.165) is 12.8 Å². The molecule has 2 aliphatic carbocycles. The number of hydrogen-bond acceptors (Lipinski definition) is 8. The third-order valence-corrected chi connectivity index (χ3v) is 8.04. The van der Waals surface area contributed by atoms with Crippen molar-refractivity contribution in [1.29, 1.82) is 0 Å². The number of carbonyl (C=O) groups excluding carboxylic acids is 3. The van der Waals surface area contributed by atoms with Gasteiger partial charge in [0.05, 0.1) is 43.5 Å². The average molecular weight is 453 g/mol. The minimum Gasteiger partial charge on any atom is -0.481 e. The number of fused-ring (bicyclic) bond motifs is 2. The van der Waals surface area contributed by atoms with E-state index in [1.807, 2.05) is 6.92 Å². The highest BCUT2D eigenvalue weighted by Gasteiger charge is 2.57. The summed E-state index contributed by atoms with van der Waals surface area (Å²) in [5, 5.41) is 9.54. The number of esters is 3. The SMILES string of the molecule is CC1C(=O)OC(=O)C1CC(C(=O)OCCC1OCCCO1)C1C2CC(C(=O)O)C(C2)C1C. The second-order valence-corrected chi connectivity index (χ2v) is 9.73. The van der Waals surface area contributed by atoms with Gasteiger partial charge in [0.25, 0.3) is 0 Å². The van der Waals surface area contributed by atoms with Crippen LogP contribution < -0.4 is 0 Å². The van der Waals surface area contributed by atoms with Crippen LogP contribution in [0, 0.1) is 47.3 Å². The molecule has 4 aliphatic rings. The molecule has 178 valence electrons. The molecule has 2 saturated heterocycles. The molecule has 2 saturated carbocycles. The van der Waals surface area contributed by atoms with Crippen molar-refractivity contribution in [2.24, 2.45) is 47.3 Å². The monoisotopic (exact) mass is 452 g/mol. The standard InChI is InChI=1S/C23H32O9/c1-11-14-8-13(9-16(14)20(24)25)19(11)17(10-15-12(2)21(26)32-23(15)28)22(27)31-7-4-18-29-5-3-6-30-18/h11-19H,3-10H2,1-2H3,(H,24,25). The fourth-order valence-corrected chi connectivity index (χ4v) is 6.39. The molecule has 0 aromatic carbocycles. The first-order chi connectivity index (χ1) is 15.3. The first kappa shape index (κ1) is 23.2. The maximum Gasteiger partial charge on any atom is 0.317 e. The lowest BCUT2D eigenvalue weighted by atomic mass is 9.67. The maximum atomic E-state index is 13.2. The molecule has 0 spiro atoms. The predicted octanol–water partition coefficient (Wildman–Crippen LogP) is 2.02. The van der Waals surface area contributed by atoms with E-state index in [-0.39, 0.29) is 42.6 Å². The summed E-state index contributed by atoms with van der Waals surface area (Å²) >= 11 is 0. The molecular weight excluding hydrogens is 420 g/mol. The fraction of sp³-hybridized carbons (Fsp3) is 0.826. The number of hydrogen-bond donors (Lipinski definition) is 1. The van der Waals surface area contributed by atoms with Gasteiger partial charge in [-0.25, -0.2) is 0 Å². The highest BCUT2D eigenvalue weighted by atomic mass is 16.7. The number of carbonyl (C=O) groups is 4. The zero-order valence-electron chi connectivity index (χ0n) is 18.6. The predicted molar refractivity (Wildman–Crippen MR) is 108 cm³/mol. The van der Waals surface area contributed by atoms with Gasteiger partial charge in [-0.3, -0.25) is 19.2 Å². The van der Waals surface area contributed by atoms with Gasteiger partial charge in [-0.1, -0.05) is 13.8 Å². The Labute approximate surface area is 187 Å². The zero-order chi connectivity index (χ0) is 23.0. The van der Waals surface area contributed by atoms with Gasteiger partial charge < -0.3 is 24.1 Å². The van der Waals surface area contributed by atoms with Crippen molar-refractivity contribution >= 4 is 23.9 Å². The van der Waals surface area contributed by atoms with Crippen LogP contribution in [0.1, 0.15) is 46.0 Å². The molecule has 0 aromatic heterocycles. The van der Waals surface area contributed by atoms with Gasteiger partial charge in [0, 0.05) is 6.42 Å². The van der Waals surface area contributed by atoms with Crippen molar-refractivity contribution in [2.75, 3.05) is 19.8 Å². The van der Waals surface area contributed by atoms with Gasteiger partial charge in [0.1, 0.15) is 0 Å². The molecule has 2 aliphatic heterocycles. The molecule has 1 N–H and O–H groups in total. The molecule has 0 aromatic rings. The number of carboxylic acids is 1. The Kier molecular flexibility index (Phi) is 6.86. The molecule has 0 amide bonds. The zero-order valence-corrected chi connectivity index (χ0v) is 18.6. The molecule has 8 unspecified atom stereocenters. The summed E-state index contributed by atoms with van der Waals surface area (Å²) in [5.74, 6) is -4.59. The molecule has 9 heteroatoms. The topological polar surface area (TPSA) is 125 Å². The van der Waals surface area contributed by atoms with Gasteiger partial charge >= 0.3 is 23.9 Å². The quantitative estimate of drug-likeness (QED) is 0.435. The van der Waals surface area contributed by atoms with E-state index in [2.05, 4.69) is 0 Å². The molecule has 32 heavy (non-hydrogen) atoms. The molecular formula is C23H32O9. The van der Waals surface area contributed by atoms with Crippen LogP contribution in [0.25, 0.3) is 0 Å². The molecule has 2 heterocycles. The van der Waals surface area contributed by atoms with E-state index in [1.54, 1.807) is 6.92 Å². The molecule has 2 bridgehead atoms. The largest absolute Gasteiger partial charge is 0.481 e. The lowest BCUT2D eigenvalue weighted by Crippen LogP contribution is -2.40. The summed E-state index contributed by atoms with van der Waals surface area (Å²) in [4.78, 5) is 49.0. The maximum absolute atomic E-state index is 13.2. The molecule has 0 radical (unpaired) electrons. The number of cyclic esters (lactones) is 2. The van der Waals surface area contributed by atoms with E-state index >= 15 is 0 Å². The first-order valence-corrected chi connectivity index (χ1v) is 11.7. The van der Waals surface area contributed by atoms with Crippen LogP contribution >= 0.6 is 0 Å². The second kappa shape index (κ2) is 9.47. The normalized spacial score (nSPS) is 38.0. The van der Waals surface area contributed by atoms with E-state index in [9.17, 15) is 24.3 Å². The van der Waals surface area contributed by atoms with Crippen LogP contribution in [0.15, 0.2) is 0 Å². The van der Waals surface area contributed by atoms with Crippen LogP contribution in [0.5, 0.6) is 0 Å². The Bertz CT molecular complexity index is 757. The van der Waals surface area contributed by atoms with Gasteiger partial charge in [-0.05, 0) is 49.4 Å². The molecule has 4 rings (SSSR count). The minimum absolute atomic E-state index is 0.0106. The van der Waals surface area contributed by atoms with Gasteiger partial charge in [0.15, 0.2) is 6.29 Å². The summed E-state index contributed by atoms with van der Waals surface area (Å²) in [6.07, 6.45) is 2.34. The van der Waals surface area contributed by atoms with Crippen molar-refractivity contribution in [2.45, 2.75) is 52.2 Å².